The summed E-state index contributed by atoms with van der Waals surface area (Å²) in [6, 6.07) is 47.2. The molecule has 296 valence electrons. The van der Waals surface area contributed by atoms with E-state index >= 15 is 0 Å². The zero-order valence-electron chi connectivity index (χ0n) is 32.2. The summed E-state index contributed by atoms with van der Waals surface area (Å²) in [4.78, 5) is 107. The van der Waals surface area contributed by atoms with Gasteiger partial charge in [0.2, 0.25) is 0 Å². The first-order valence-corrected chi connectivity index (χ1v) is 19.3. The Bertz CT molecular complexity index is 2860. The molecule has 0 N–H and O–H groups in total. The third-order valence-corrected chi connectivity index (χ3v) is 11.1. The number of rotatable bonds is 5. The van der Waals surface area contributed by atoms with Crippen molar-refractivity contribution >= 4 is 70.0 Å². The van der Waals surface area contributed by atoms with Crippen LogP contribution in [0.1, 0.15) is 82.9 Å². The van der Waals surface area contributed by atoms with E-state index < -0.39 is 35.4 Å². The number of anilines is 4. The first-order chi connectivity index (χ1) is 30.1. The number of benzene rings is 7. The summed E-state index contributed by atoms with van der Waals surface area (Å²) in [7, 11) is 0. The predicted molar refractivity (Wildman–Crippen MR) is 229 cm³/mol. The molecule has 0 atom stereocenters. The van der Waals surface area contributed by atoms with E-state index in [2.05, 4.69) is 0 Å². The van der Waals surface area contributed by atoms with Gasteiger partial charge in [0, 0.05) is 0 Å². The lowest BCUT2D eigenvalue weighted by molar-refractivity contribution is 0.0909. The maximum atomic E-state index is 13.1. The van der Waals surface area contributed by atoms with Crippen LogP contribution in [-0.2, 0) is 0 Å². The molecule has 0 radical (unpaired) electrons. The van der Waals surface area contributed by atoms with Crippen molar-refractivity contribution in [3.05, 3.63) is 214 Å². The minimum Gasteiger partial charge on any atom is -0.268 e. The minimum atomic E-state index is -0.394. The molecule has 0 unspecified atom stereocenters. The van der Waals surface area contributed by atoms with Crippen molar-refractivity contribution in [3.8, 4) is 11.1 Å². The predicted octanol–water partition coefficient (Wildman–Crippen LogP) is 8.24. The van der Waals surface area contributed by atoms with Gasteiger partial charge in [-0.3, -0.25) is 38.4 Å². The van der Waals surface area contributed by atoms with E-state index in [1.165, 1.54) is 0 Å². The molecule has 0 aromatic heterocycles. The van der Waals surface area contributed by atoms with Crippen molar-refractivity contribution in [3.63, 3.8) is 0 Å². The van der Waals surface area contributed by atoms with E-state index in [0.717, 1.165) is 19.6 Å². The molecule has 0 spiro atoms. The van der Waals surface area contributed by atoms with Crippen LogP contribution < -0.4 is 19.6 Å². The second-order valence-electron chi connectivity index (χ2n) is 14.6. The number of fused-ring (bicyclic) bond motifs is 4. The second-order valence-corrected chi connectivity index (χ2v) is 14.6. The van der Waals surface area contributed by atoms with Gasteiger partial charge in [-0.15, -0.1) is 0 Å². The van der Waals surface area contributed by atoms with Crippen LogP contribution in [0, 0.1) is 0 Å². The van der Waals surface area contributed by atoms with Crippen LogP contribution in [0.15, 0.2) is 170 Å². The van der Waals surface area contributed by atoms with Crippen LogP contribution in [0.25, 0.3) is 11.1 Å². The third-order valence-electron chi connectivity index (χ3n) is 11.1. The molecule has 12 nitrogen and oxygen atoms in total. The van der Waals surface area contributed by atoms with Crippen molar-refractivity contribution in [1.82, 2.24) is 0 Å². The molecule has 7 aromatic rings. The Morgan fingerprint density at radius 3 is 0.726 bits per heavy atom. The van der Waals surface area contributed by atoms with Gasteiger partial charge in [0.1, 0.15) is 0 Å². The molecule has 4 aliphatic rings. The smallest absolute Gasteiger partial charge is 0.266 e. The third kappa shape index (κ3) is 5.77. The van der Waals surface area contributed by atoms with Crippen LogP contribution in [-0.4, -0.2) is 47.3 Å². The number of amides is 8. The monoisotopic (exact) mass is 812 g/mol. The summed E-state index contributed by atoms with van der Waals surface area (Å²) in [5.74, 6) is -3.10. The standard InChI is InChI=1S/C28H16N2O4.C22H12N2O4/c31-25-21-13-11-17(15-23(21)27(33)29(25)19-7-3-1-4-8-19)18-12-14-22-24(16-18)28(34)30(26(22)32)20-9-5-2-6-10-20;25-19-15-5-1-2-6-16(15)20(26)23(19)13-9-11-14(12-10-13)24-21(27)17-7-3-4-8-18(17)22(24)28/h1-16H;1-12H. The SMILES string of the molecule is O=C1c2ccc(-c3ccc4c(c3)C(=O)N(c3ccccc3)C4=O)cc2C(=O)N1c1ccccc1.O=C1c2ccccc2C(=O)N1c1ccc(N2C(=O)c3ccccc3C2=O)cc1. The number of nitrogens with zero attached hydrogens (tertiary/aromatic N) is 4. The lowest BCUT2D eigenvalue weighted by Gasteiger charge is -2.17. The zero-order chi connectivity index (χ0) is 42.8. The first kappa shape index (κ1) is 37.4. The molecule has 0 saturated heterocycles. The van der Waals surface area contributed by atoms with Crippen LogP contribution in [0.2, 0.25) is 0 Å². The summed E-state index contributed by atoms with van der Waals surface area (Å²) >= 11 is 0. The molecule has 0 fully saturated rings. The molecule has 12 heteroatoms. The number of carbonyl (C=O) groups excluding carboxylic acids is 8. The van der Waals surface area contributed by atoms with Gasteiger partial charge in [0.15, 0.2) is 0 Å². The minimum absolute atomic E-state index is 0.306. The largest absolute Gasteiger partial charge is 0.268 e. The van der Waals surface area contributed by atoms with Gasteiger partial charge in [-0.05, 0) is 108 Å². The second kappa shape index (κ2) is 14.4. The number of carbonyl (C=O) groups is 8. The number of para-hydroxylation sites is 2. The van der Waals surface area contributed by atoms with E-state index in [1.54, 1.807) is 158 Å². The average molecular weight is 813 g/mol. The highest BCUT2D eigenvalue weighted by Gasteiger charge is 2.40. The maximum absolute atomic E-state index is 13.1. The van der Waals surface area contributed by atoms with Gasteiger partial charge < -0.3 is 0 Å². The Hall–Kier alpha value is -8.90. The molecule has 7 aromatic carbocycles. The van der Waals surface area contributed by atoms with Crippen LogP contribution in [0.4, 0.5) is 22.7 Å². The molecule has 62 heavy (non-hydrogen) atoms. The summed E-state index contributed by atoms with van der Waals surface area (Å²) in [5.41, 5.74) is 5.85. The Morgan fingerprint density at radius 1 is 0.210 bits per heavy atom. The molecule has 0 bridgehead atoms. The van der Waals surface area contributed by atoms with Crippen molar-refractivity contribution in [1.29, 1.82) is 0 Å². The van der Waals surface area contributed by atoms with Crippen molar-refractivity contribution < 1.29 is 38.4 Å². The normalized spacial score (nSPS) is 14.9. The summed E-state index contributed by atoms with van der Waals surface area (Å²) in [6.07, 6.45) is 0. The fourth-order valence-corrected chi connectivity index (χ4v) is 8.06. The van der Waals surface area contributed by atoms with Gasteiger partial charge in [-0.1, -0.05) is 72.8 Å². The van der Waals surface area contributed by atoms with E-state index in [1.807, 2.05) is 12.1 Å². The fraction of sp³-hybridized carbons (Fsp3) is 0. The van der Waals surface area contributed by atoms with Crippen molar-refractivity contribution in [2.75, 3.05) is 19.6 Å². The molecular formula is C50H28N4O8. The van der Waals surface area contributed by atoms with Crippen LogP contribution >= 0.6 is 0 Å². The highest BCUT2D eigenvalue weighted by molar-refractivity contribution is 6.37. The maximum Gasteiger partial charge on any atom is 0.266 e. The molecule has 4 heterocycles. The van der Waals surface area contributed by atoms with E-state index in [0.29, 0.717) is 78.4 Å². The lowest BCUT2D eigenvalue weighted by Crippen LogP contribution is -2.30. The highest BCUT2D eigenvalue weighted by atomic mass is 16.2. The highest BCUT2D eigenvalue weighted by Crippen LogP contribution is 2.36. The Kier molecular flexibility index (Phi) is 8.70. The fourth-order valence-electron chi connectivity index (χ4n) is 8.06. The van der Waals surface area contributed by atoms with E-state index in [4.69, 9.17) is 0 Å². The Morgan fingerprint density at radius 2 is 0.435 bits per heavy atom. The molecule has 4 aliphatic heterocycles. The zero-order valence-corrected chi connectivity index (χ0v) is 32.2. The summed E-state index contributed by atoms with van der Waals surface area (Å²) < 4.78 is 0. The Balaban J connectivity index is 0.000000151. The Labute approximate surface area is 352 Å². The molecule has 0 saturated carbocycles. The number of hydrogen-bond donors (Lipinski definition) is 0. The molecule has 0 aliphatic carbocycles. The average Bonchev–Trinajstić information content (AvgIpc) is 3.92. The van der Waals surface area contributed by atoms with Gasteiger partial charge >= 0.3 is 0 Å². The van der Waals surface area contributed by atoms with E-state index in [9.17, 15) is 38.4 Å². The number of hydrogen-bond acceptors (Lipinski definition) is 8. The van der Waals surface area contributed by atoms with Gasteiger partial charge in [0.05, 0.1) is 67.3 Å². The summed E-state index contributed by atoms with van der Waals surface area (Å²) in [5, 5.41) is 0. The topological polar surface area (TPSA) is 150 Å². The van der Waals surface area contributed by atoms with Gasteiger partial charge in [0.25, 0.3) is 47.3 Å². The van der Waals surface area contributed by atoms with Crippen molar-refractivity contribution in [2.45, 2.75) is 0 Å². The lowest BCUT2D eigenvalue weighted by atomic mass is 9.97. The summed E-state index contributed by atoms with van der Waals surface area (Å²) in [6.45, 7) is 0. The van der Waals surface area contributed by atoms with E-state index in [-0.39, 0.29) is 11.8 Å². The van der Waals surface area contributed by atoms with Crippen LogP contribution in [0.3, 0.4) is 0 Å². The molecule has 11 rings (SSSR count). The number of imide groups is 4. The van der Waals surface area contributed by atoms with Gasteiger partial charge in [-0.25, -0.2) is 19.6 Å². The van der Waals surface area contributed by atoms with Gasteiger partial charge in [-0.2, -0.15) is 0 Å². The molecule has 8 amide bonds. The first-order valence-electron chi connectivity index (χ1n) is 19.3. The van der Waals surface area contributed by atoms with Crippen molar-refractivity contribution in [2.24, 2.45) is 0 Å². The molecular weight excluding hydrogens is 785 g/mol. The van der Waals surface area contributed by atoms with Crippen LogP contribution in [0.5, 0.6) is 0 Å². The quantitative estimate of drug-likeness (QED) is 0.158.